The number of benzene rings is 5. The molecule has 0 saturated carbocycles. The molecule has 50 heavy (non-hydrogen) atoms. The van der Waals surface area contributed by atoms with Gasteiger partial charge in [0, 0.05) is 34.4 Å². The number of para-hydroxylation sites is 6. The van der Waals surface area contributed by atoms with Crippen LogP contribution >= 0.6 is 0 Å². The Balaban J connectivity index is 0.000000238. The van der Waals surface area contributed by atoms with Crippen molar-refractivity contribution in [3.63, 3.8) is 0 Å². The Bertz CT molecular complexity index is 1900. The van der Waals surface area contributed by atoms with Crippen molar-refractivity contribution < 1.29 is 27.1 Å². The average Bonchev–Trinajstić information content (AvgIpc) is 3.46. The van der Waals surface area contributed by atoms with E-state index in [0.29, 0.717) is 23.7 Å². The maximum Gasteiger partial charge on any atom is 1.00 e. The number of rotatable bonds is 6. The minimum atomic E-state index is 0. The summed E-state index contributed by atoms with van der Waals surface area (Å²) in [6.07, 6.45) is 0. The van der Waals surface area contributed by atoms with Crippen LogP contribution in [0.15, 0.2) is 97.1 Å². The van der Waals surface area contributed by atoms with Gasteiger partial charge in [-0.1, -0.05) is 151 Å². The smallest absolute Gasteiger partial charge is 0.651 e. The Morgan fingerprint density at radius 3 is 1.16 bits per heavy atom. The van der Waals surface area contributed by atoms with E-state index in [1.54, 1.807) is 0 Å². The van der Waals surface area contributed by atoms with Crippen LogP contribution in [0.25, 0.3) is 5.32 Å². The van der Waals surface area contributed by atoms with E-state index in [4.69, 9.17) is 4.74 Å². The molecule has 0 fully saturated rings. The molecule has 2 aliphatic heterocycles. The summed E-state index contributed by atoms with van der Waals surface area (Å²) in [4.78, 5) is 0. The van der Waals surface area contributed by atoms with Crippen molar-refractivity contribution in [3.05, 3.63) is 136 Å². The first-order chi connectivity index (χ1) is 23.5. The molecule has 2 heterocycles. The van der Waals surface area contributed by atoms with Crippen molar-refractivity contribution in [2.45, 2.75) is 92.9 Å². The molecule has 0 amide bonds. The molecular formula is C45H50AuN3O+2. The Morgan fingerprint density at radius 1 is 0.480 bits per heavy atom. The van der Waals surface area contributed by atoms with Gasteiger partial charge in [-0.3, -0.25) is 0 Å². The van der Waals surface area contributed by atoms with E-state index in [9.17, 15) is 0 Å². The number of hydrogen-bond donors (Lipinski definition) is 0. The normalized spacial score (nSPS) is 12.6. The quantitative estimate of drug-likeness (QED) is 0.121. The fourth-order valence-corrected chi connectivity index (χ4v) is 6.88. The van der Waals surface area contributed by atoms with Crippen molar-refractivity contribution in [1.82, 2.24) is 9.15 Å². The van der Waals surface area contributed by atoms with E-state index in [0.717, 1.165) is 34.0 Å². The zero-order valence-electron chi connectivity index (χ0n) is 31.1. The third-order valence-corrected chi connectivity index (χ3v) is 9.54. The molecule has 260 valence electrons. The van der Waals surface area contributed by atoms with Crippen LogP contribution in [0.2, 0.25) is 0 Å². The minimum absolute atomic E-state index is 0. The van der Waals surface area contributed by atoms with E-state index in [2.05, 4.69) is 163 Å². The van der Waals surface area contributed by atoms with Crippen molar-refractivity contribution in [2.75, 3.05) is 0 Å². The fraction of sp³-hybridized carbons (Fsp3) is 0.311. The second-order valence-electron chi connectivity index (χ2n) is 14.5. The van der Waals surface area contributed by atoms with Crippen molar-refractivity contribution in [3.8, 4) is 11.5 Å². The molecule has 0 unspecified atom stereocenters. The predicted molar refractivity (Wildman–Crippen MR) is 209 cm³/mol. The van der Waals surface area contributed by atoms with Crippen LogP contribution in [0.5, 0.6) is 11.5 Å². The van der Waals surface area contributed by atoms with Gasteiger partial charge in [0.15, 0.2) is 0 Å². The molecule has 0 aromatic heterocycles. The summed E-state index contributed by atoms with van der Waals surface area (Å²) in [7, 11) is 0. The summed E-state index contributed by atoms with van der Waals surface area (Å²) in [6, 6.07) is 38.1. The van der Waals surface area contributed by atoms with Gasteiger partial charge in [0.25, 0.3) is 11.4 Å². The van der Waals surface area contributed by atoms with Crippen molar-refractivity contribution in [2.24, 2.45) is 0 Å². The van der Waals surface area contributed by atoms with E-state index >= 15 is 0 Å². The first kappa shape index (κ1) is 37.1. The summed E-state index contributed by atoms with van der Waals surface area (Å²) in [6.45, 7) is 22.4. The fourth-order valence-electron chi connectivity index (χ4n) is 6.88. The van der Waals surface area contributed by atoms with E-state index in [1.165, 1.54) is 45.0 Å². The number of hydrogen-bond acceptors (Lipinski definition) is 1. The van der Waals surface area contributed by atoms with Crippen LogP contribution in [-0.2, 0) is 22.4 Å². The maximum absolute atomic E-state index is 5.85. The van der Waals surface area contributed by atoms with Gasteiger partial charge in [0.2, 0.25) is 11.4 Å². The molecular weight excluding hydrogens is 795 g/mol. The predicted octanol–water partition coefficient (Wildman–Crippen LogP) is 13.8. The van der Waals surface area contributed by atoms with Gasteiger partial charge in [0.1, 0.15) is 11.5 Å². The van der Waals surface area contributed by atoms with Crippen molar-refractivity contribution >= 4 is 40.1 Å². The molecule has 0 bridgehead atoms. The van der Waals surface area contributed by atoms with E-state index in [1.807, 2.05) is 24.3 Å². The molecule has 0 spiro atoms. The molecule has 7 rings (SSSR count). The Labute approximate surface area is 315 Å². The van der Waals surface area contributed by atoms with Gasteiger partial charge in [-0.25, -0.2) is 0 Å². The monoisotopic (exact) mass is 845 g/mol. The van der Waals surface area contributed by atoms with Gasteiger partial charge in [0.05, 0.1) is 0 Å². The second kappa shape index (κ2) is 15.4. The standard InChI is InChI=1S/C31H38N2.C14H12NO.Au/c1-20(2)24-13-11-14-25(21(3)4)30(24)32-19-33(29-18-10-9-17-28(29)32)31-26(22(5)6)15-12-16-27(31)23(7)8;1-9-5-3-7-11-13(9)15-14-10(2)6-4-8-12(14)16-11;/h9-18,20-23H,1-8H3;3-8H,1-2H3;/q+2;-1;+1. The SMILES string of the molecule is CC(C)c1cccc(C(C)C)c1[N+]1=C=[N+](c2c(C(C)C)cccc2C(C)C)c2ccccc21.Cc1cccc2c1[N-]c1c(C)cccc1O2.[Au+]. The minimum Gasteiger partial charge on any atom is -0.651 e. The Kier molecular flexibility index (Phi) is 11.4. The number of ether oxygens (including phenoxy) is 1. The second-order valence-corrected chi connectivity index (χ2v) is 14.5. The molecule has 0 N–H and O–H groups in total. The molecule has 0 atom stereocenters. The van der Waals surface area contributed by atoms with Gasteiger partial charge in [-0.05, 0) is 58.8 Å². The molecule has 0 aliphatic carbocycles. The van der Waals surface area contributed by atoms with E-state index in [-0.39, 0.29) is 22.4 Å². The summed E-state index contributed by atoms with van der Waals surface area (Å²) in [5.74, 6) is 3.40. The number of nitrogens with zero attached hydrogens (tertiary/aromatic N) is 3. The van der Waals surface area contributed by atoms with Crippen LogP contribution in [0, 0.1) is 13.8 Å². The number of fused-ring (bicyclic) bond motifs is 3. The Hall–Kier alpha value is -4.18. The Morgan fingerprint density at radius 2 is 0.820 bits per heavy atom. The van der Waals surface area contributed by atoms with Gasteiger partial charge in [-0.15, -0.1) is 0 Å². The first-order valence-electron chi connectivity index (χ1n) is 17.8. The molecule has 5 aromatic carbocycles. The maximum atomic E-state index is 5.85. The summed E-state index contributed by atoms with van der Waals surface area (Å²) >= 11 is 0. The zero-order chi connectivity index (χ0) is 35.0. The topological polar surface area (TPSA) is 29.4 Å². The van der Waals surface area contributed by atoms with Gasteiger partial charge < -0.3 is 10.1 Å². The van der Waals surface area contributed by atoms with Crippen LogP contribution < -0.4 is 13.9 Å². The largest absolute Gasteiger partial charge is 1.00 e. The summed E-state index contributed by atoms with van der Waals surface area (Å²) in [5.41, 5.74) is 14.6. The van der Waals surface area contributed by atoms with Crippen LogP contribution in [0.4, 0.5) is 34.1 Å². The summed E-state index contributed by atoms with van der Waals surface area (Å²) in [5, 5.41) is 4.68. The molecule has 5 heteroatoms. The van der Waals surface area contributed by atoms with Crippen LogP contribution in [0.3, 0.4) is 0 Å². The molecule has 5 aromatic rings. The number of aryl methyl sites for hydroxylation is 2. The van der Waals surface area contributed by atoms with Gasteiger partial charge in [-0.2, -0.15) is 0 Å². The molecule has 4 nitrogen and oxygen atoms in total. The van der Waals surface area contributed by atoms with Crippen LogP contribution in [0.1, 0.15) is 112 Å². The molecule has 0 saturated heterocycles. The van der Waals surface area contributed by atoms with Crippen molar-refractivity contribution in [1.29, 1.82) is 0 Å². The van der Waals surface area contributed by atoms with Crippen LogP contribution in [-0.4, -0.2) is 6.01 Å². The third kappa shape index (κ3) is 7.04. The average molecular weight is 846 g/mol. The molecule has 0 radical (unpaired) electrons. The zero-order valence-corrected chi connectivity index (χ0v) is 33.3. The third-order valence-electron chi connectivity index (χ3n) is 9.54. The molecule has 2 aliphatic rings. The van der Waals surface area contributed by atoms with Gasteiger partial charge >= 0.3 is 28.4 Å². The van der Waals surface area contributed by atoms with E-state index < -0.39 is 0 Å². The summed E-state index contributed by atoms with van der Waals surface area (Å²) < 4.78 is 10.5. The first-order valence-corrected chi connectivity index (χ1v) is 17.8.